The molecule has 90 valence electrons. The lowest BCUT2D eigenvalue weighted by Gasteiger charge is -2.02. The topological polar surface area (TPSA) is 12.9 Å². The van der Waals surface area contributed by atoms with E-state index in [1.807, 2.05) is 0 Å². The van der Waals surface area contributed by atoms with Gasteiger partial charge in [0.2, 0.25) is 0 Å². The van der Waals surface area contributed by atoms with E-state index in [-0.39, 0.29) is 0 Å². The lowest BCUT2D eigenvalue weighted by molar-refractivity contribution is 0.708. The average molecular weight is 245 g/mol. The average Bonchev–Trinajstić information content (AvgIpc) is 2.85. The molecule has 0 saturated heterocycles. The van der Waals surface area contributed by atoms with Crippen molar-refractivity contribution in [3.05, 3.63) is 52.0 Å². The van der Waals surface area contributed by atoms with Crippen molar-refractivity contribution >= 4 is 11.3 Å². The molecule has 1 aromatic heterocycles. The lowest BCUT2D eigenvalue weighted by Crippen LogP contribution is -1.94. The van der Waals surface area contributed by atoms with Gasteiger partial charge in [0, 0.05) is 11.8 Å². The minimum atomic E-state index is 0.594. The number of aromatic nitrogens is 1. The Balaban J connectivity index is 1.94. The molecule has 2 aromatic rings. The Hall–Kier alpha value is -1.15. The molecule has 0 N–H and O–H groups in total. The number of hydrogen-bond acceptors (Lipinski definition) is 2. The molecule has 1 heterocycles. The van der Waals surface area contributed by atoms with Gasteiger partial charge in [-0.2, -0.15) is 0 Å². The summed E-state index contributed by atoms with van der Waals surface area (Å²) in [5, 5.41) is 3.48. The van der Waals surface area contributed by atoms with Crippen LogP contribution in [0, 0.1) is 0 Å². The summed E-state index contributed by atoms with van der Waals surface area (Å²) in [4.78, 5) is 4.71. The Kier molecular flexibility index (Phi) is 4.32. The zero-order valence-corrected chi connectivity index (χ0v) is 11.3. The second-order valence-electron chi connectivity index (χ2n) is 4.46. The maximum atomic E-state index is 4.71. The number of aryl methyl sites for hydroxylation is 2. The summed E-state index contributed by atoms with van der Waals surface area (Å²) in [5.74, 6) is 0.594. The fraction of sp³-hybridized carbons (Fsp3) is 0.400. The molecule has 0 saturated carbocycles. The van der Waals surface area contributed by atoms with Gasteiger partial charge in [0.05, 0.1) is 10.7 Å². The molecule has 0 aliphatic heterocycles. The Bertz CT molecular complexity index is 447. The first-order valence-electron chi connectivity index (χ1n) is 6.27. The lowest BCUT2D eigenvalue weighted by atomic mass is 10.1. The maximum absolute atomic E-state index is 4.71. The van der Waals surface area contributed by atoms with Crippen LogP contribution >= 0.6 is 11.3 Å². The van der Waals surface area contributed by atoms with Crippen molar-refractivity contribution in [3.8, 4) is 0 Å². The monoisotopic (exact) mass is 245 g/mol. The largest absolute Gasteiger partial charge is 0.246 e. The van der Waals surface area contributed by atoms with Crippen molar-refractivity contribution in [1.29, 1.82) is 0 Å². The highest BCUT2D eigenvalue weighted by Crippen LogP contribution is 2.21. The highest BCUT2D eigenvalue weighted by molar-refractivity contribution is 7.09. The molecule has 2 rings (SSSR count). The summed E-state index contributed by atoms with van der Waals surface area (Å²) in [6.45, 7) is 4.46. The first-order valence-corrected chi connectivity index (χ1v) is 7.15. The zero-order valence-electron chi connectivity index (χ0n) is 10.5. The van der Waals surface area contributed by atoms with Gasteiger partial charge >= 0.3 is 0 Å². The van der Waals surface area contributed by atoms with E-state index in [0.717, 1.165) is 12.8 Å². The molecule has 1 nitrogen and oxygen atoms in total. The van der Waals surface area contributed by atoms with Crippen LogP contribution < -0.4 is 0 Å². The Morgan fingerprint density at radius 1 is 1.18 bits per heavy atom. The number of benzene rings is 1. The number of thiazole rings is 1. The van der Waals surface area contributed by atoms with Crippen LogP contribution in [0.2, 0.25) is 0 Å². The zero-order chi connectivity index (χ0) is 12.1. The molecule has 1 aromatic carbocycles. The van der Waals surface area contributed by atoms with E-state index in [1.54, 1.807) is 11.3 Å². The molecule has 0 fully saturated rings. The second-order valence-corrected chi connectivity index (χ2v) is 5.40. The summed E-state index contributed by atoms with van der Waals surface area (Å²) < 4.78 is 0. The summed E-state index contributed by atoms with van der Waals surface area (Å²) in [6.07, 6.45) is 3.32. The van der Waals surface area contributed by atoms with Crippen molar-refractivity contribution in [2.45, 2.75) is 39.0 Å². The Morgan fingerprint density at radius 3 is 2.65 bits per heavy atom. The van der Waals surface area contributed by atoms with Crippen LogP contribution in [-0.4, -0.2) is 4.98 Å². The summed E-state index contributed by atoms with van der Waals surface area (Å²) in [5.41, 5.74) is 2.66. The van der Waals surface area contributed by atoms with Crippen LogP contribution in [0.5, 0.6) is 0 Å². The van der Waals surface area contributed by atoms with Gasteiger partial charge in [0.25, 0.3) is 0 Å². The highest BCUT2D eigenvalue weighted by Gasteiger charge is 2.07. The van der Waals surface area contributed by atoms with E-state index in [2.05, 4.69) is 49.6 Å². The molecule has 0 aliphatic carbocycles. The van der Waals surface area contributed by atoms with Gasteiger partial charge in [-0.15, -0.1) is 11.3 Å². The van der Waals surface area contributed by atoms with Gasteiger partial charge in [-0.3, -0.25) is 0 Å². The number of rotatable bonds is 5. The van der Waals surface area contributed by atoms with Gasteiger partial charge in [-0.1, -0.05) is 44.2 Å². The molecular weight excluding hydrogens is 226 g/mol. The third-order valence-corrected chi connectivity index (χ3v) is 4.08. The molecule has 17 heavy (non-hydrogen) atoms. The van der Waals surface area contributed by atoms with Gasteiger partial charge in [0.15, 0.2) is 0 Å². The molecule has 0 amide bonds. The van der Waals surface area contributed by atoms with Crippen LogP contribution in [0.4, 0.5) is 0 Å². The second kappa shape index (κ2) is 5.97. The highest BCUT2D eigenvalue weighted by atomic mass is 32.1. The van der Waals surface area contributed by atoms with Crippen LogP contribution in [0.1, 0.15) is 42.5 Å². The predicted molar refractivity (Wildman–Crippen MR) is 74.7 cm³/mol. The van der Waals surface area contributed by atoms with Crippen LogP contribution in [0.25, 0.3) is 0 Å². The van der Waals surface area contributed by atoms with Crippen LogP contribution in [-0.2, 0) is 12.8 Å². The fourth-order valence-corrected chi connectivity index (χ4v) is 2.69. The Morgan fingerprint density at radius 2 is 1.94 bits per heavy atom. The number of hydrogen-bond donors (Lipinski definition) is 0. The molecule has 1 unspecified atom stereocenters. The van der Waals surface area contributed by atoms with E-state index in [4.69, 9.17) is 4.98 Å². The molecule has 0 bridgehead atoms. The van der Waals surface area contributed by atoms with Crippen molar-refractivity contribution in [2.75, 3.05) is 0 Å². The summed E-state index contributed by atoms with van der Waals surface area (Å²) >= 11 is 1.80. The van der Waals surface area contributed by atoms with Gasteiger partial charge < -0.3 is 0 Å². The van der Waals surface area contributed by atoms with Gasteiger partial charge in [-0.05, 0) is 24.3 Å². The summed E-state index contributed by atoms with van der Waals surface area (Å²) in [7, 11) is 0. The molecule has 1 atom stereocenters. The van der Waals surface area contributed by atoms with E-state index < -0.39 is 0 Å². The third-order valence-electron chi connectivity index (χ3n) is 3.16. The standard InChI is InChI=1S/C15H19NS/c1-3-12(2)14-11-17-15(16-14)10-9-13-7-5-4-6-8-13/h4-8,11-12H,3,9-10H2,1-2H3. The van der Waals surface area contributed by atoms with Gasteiger partial charge in [0.1, 0.15) is 0 Å². The SMILES string of the molecule is CCC(C)c1csc(CCc2ccccc2)n1. The first kappa shape index (κ1) is 12.3. The maximum Gasteiger partial charge on any atom is 0.0931 e. The van der Waals surface area contributed by atoms with E-state index in [0.29, 0.717) is 5.92 Å². The van der Waals surface area contributed by atoms with Crippen molar-refractivity contribution < 1.29 is 0 Å². The third kappa shape index (κ3) is 3.40. The summed E-state index contributed by atoms with van der Waals surface area (Å²) in [6, 6.07) is 10.6. The predicted octanol–water partition coefficient (Wildman–Crippen LogP) is 4.44. The smallest absolute Gasteiger partial charge is 0.0931 e. The van der Waals surface area contributed by atoms with E-state index in [1.165, 1.54) is 22.7 Å². The normalized spacial score (nSPS) is 12.6. The van der Waals surface area contributed by atoms with Crippen molar-refractivity contribution in [2.24, 2.45) is 0 Å². The molecular formula is C15H19NS. The van der Waals surface area contributed by atoms with E-state index >= 15 is 0 Å². The quantitative estimate of drug-likeness (QED) is 0.758. The first-order chi connectivity index (χ1) is 8.29. The molecule has 0 aliphatic rings. The molecule has 0 spiro atoms. The van der Waals surface area contributed by atoms with Crippen LogP contribution in [0.15, 0.2) is 35.7 Å². The Labute approximate surface area is 108 Å². The van der Waals surface area contributed by atoms with E-state index in [9.17, 15) is 0 Å². The van der Waals surface area contributed by atoms with Crippen molar-refractivity contribution in [3.63, 3.8) is 0 Å². The fourth-order valence-electron chi connectivity index (χ4n) is 1.77. The molecule has 0 radical (unpaired) electrons. The molecule has 2 heteroatoms. The minimum absolute atomic E-state index is 0.594. The van der Waals surface area contributed by atoms with Gasteiger partial charge in [-0.25, -0.2) is 4.98 Å². The number of nitrogens with zero attached hydrogens (tertiary/aromatic N) is 1. The minimum Gasteiger partial charge on any atom is -0.246 e. The van der Waals surface area contributed by atoms with Crippen LogP contribution in [0.3, 0.4) is 0 Å². The van der Waals surface area contributed by atoms with Crippen molar-refractivity contribution in [1.82, 2.24) is 4.98 Å².